The summed E-state index contributed by atoms with van der Waals surface area (Å²) in [6.45, 7) is -0.598. The molecule has 2 rings (SSSR count). The van der Waals surface area contributed by atoms with Crippen molar-refractivity contribution in [2.45, 2.75) is 19.0 Å². The lowest BCUT2D eigenvalue weighted by Gasteiger charge is -2.10. The lowest BCUT2D eigenvalue weighted by molar-refractivity contribution is -0.148. The molecule has 0 bridgehead atoms. The number of amides is 1. The van der Waals surface area contributed by atoms with Crippen molar-refractivity contribution in [2.24, 2.45) is 5.92 Å². The van der Waals surface area contributed by atoms with E-state index >= 15 is 0 Å². The number of esters is 1. The quantitative estimate of drug-likeness (QED) is 0.791. The van der Waals surface area contributed by atoms with Gasteiger partial charge in [0.25, 0.3) is 5.91 Å². The Morgan fingerprint density at radius 2 is 1.84 bits per heavy atom. The van der Waals surface area contributed by atoms with Crippen LogP contribution in [-0.4, -0.2) is 38.4 Å². The van der Waals surface area contributed by atoms with E-state index in [0.717, 1.165) is 24.3 Å². The highest BCUT2D eigenvalue weighted by Crippen LogP contribution is 2.29. The Bertz CT molecular complexity index is 743. The van der Waals surface area contributed by atoms with E-state index in [9.17, 15) is 31.2 Å². The summed E-state index contributed by atoms with van der Waals surface area (Å²) in [6, 6.07) is 3.82. The number of alkyl halides is 3. The summed E-state index contributed by atoms with van der Waals surface area (Å²) in [6.07, 6.45) is -4.17. The summed E-state index contributed by atoms with van der Waals surface area (Å²) in [5.74, 6) is -1.73. The summed E-state index contributed by atoms with van der Waals surface area (Å²) < 4.78 is 64.6. The van der Waals surface area contributed by atoms with Gasteiger partial charge < -0.3 is 10.1 Å². The normalized spacial score (nSPS) is 19.4. The minimum atomic E-state index is -4.47. The average molecular weight is 379 g/mol. The van der Waals surface area contributed by atoms with Gasteiger partial charge in [-0.1, -0.05) is 0 Å². The molecule has 1 atom stereocenters. The first-order valence-electron chi connectivity index (χ1n) is 7.38. The van der Waals surface area contributed by atoms with Gasteiger partial charge in [-0.2, -0.15) is 13.2 Å². The molecular formula is C15H16F3NO5S. The van der Waals surface area contributed by atoms with Crippen molar-refractivity contribution < 1.29 is 35.9 Å². The molecule has 1 saturated heterocycles. The van der Waals surface area contributed by atoms with Crippen LogP contribution in [0.5, 0.6) is 0 Å². The summed E-state index contributed by atoms with van der Waals surface area (Å²) in [5, 5.41) is 2.30. The molecule has 0 unspecified atom stereocenters. The highest BCUT2D eigenvalue weighted by atomic mass is 32.2. The van der Waals surface area contributed by atoms with Crippen LogP contribution in [0.3, 0.4) is 0 Å². The zero-order valence-corrected chi connectivity index (χ0v) is 13.8. The minimum absolute atomic E-state index is 0.0410. The van der Waals surface area contributed by atoms with Crippen molar-refractivity contribution in [1.29, 1.82) is 0 Å². The second kappa shape index (κ2) is 7.42. The Kier molecular flexibility index (Phi) is 5.71. The lowest BCUT2D eigenvalue weighted by Crippen LogP contribution is -2.22. The highest BCUT2D eigenvalue weighted by Gasteiger charge is 2.31. The molecule has 0 spiro atoms. The first kappa shape index (κ1) is 19.2. The van der Waals surface area contributed by atoms with E-state index in [1.54, 1.807) is 0 Å². The van der Waals surface area contributed by atoms with Gasteiger partial charge in [-0.3, -0.25) is 9.59 Å². The number of halogens is 3. The number of hydrogen-bond donors (Lipinski definition) is 1. The Morgan fingerprint density at radius 3 is 2.36 bits per heavy atom. The molecule has 1 fully saturated rings. The molecule has 1 aromatic carbocycles. The number of carbonyl (C=O) groups is 2. The molecule has 0 saturated carbocycles. The molecule has 0 radical (unpaired) electrons. The van der Waals surface area contributed by atoms with E-state index in [-0.39, 0.29) is 29.5 Å². The number of anilines is 1. The third-order valence-corrected chi connectivity index (χ3v) is 5.48. The maximum absolute atomic E-state index is 12.4. The Morgan fingerprint density at radius 1 is 1.20 bits per heavy atom. The molecule has 1 aliphatic heterocycles. The highest BCUT2D eigenvalue weighted by molar-refractivity contribution is 7.91. The molecule has 6 nitrogen and oxygen atoms in total. The second-order valence-corrected chi connectivity index (χ2v) is 7.99. The van der Waals surface area contributed by atoms with Crippen molar-refractivity contribution in [1.82, 2.24) is 0 Å². The van der Waals surface area contributed by atoms with Gasteiger partial charge in [0.15, 0.2) is 16.4 Å². The first-order valence-corrected chi connectivity index (χ1v) is 9.20. The van der Waals surface area contributed by atoms with Gasteiger partial charge in [-0.05, 0) is 36.6 Å². The third kappa shape index (κ3) is 6.04. The number of carbonyl (C=O) groups excluding carboxylic acids is 2. The zero-order chi connectivity index (χ0) is 18.7. The smallest absolute Gasteiger partial charge is 0.416 e. The molecule has 0 aliphatic carbocycles. The van der Waals surface area contributed by atoms with Crippen LogP contribution < -0.4 is 5.32 Å². The van der Waals surface area contributed by atoms with Crippen molar-refractivity contribution in [3.8, 4) is 0 Å². The number of nitrogens with one attached hydrogen (secondary N) is 1. The molecule has 1 aromatic rings. The monoisotopic (exact) mass is 379 g/mol. The van der Waals surface area contributed by atoms with Crippen LogP contribution in [0.2, 0.25) is 0 Å². The van der Waals surface area contributed by atoms with Gasteiger partial charge >= 0.3 is 12.1 Å². The van der Waals surface area contributed by atoms with Gasteiger partial charge in [-0.15, -0.1) is 0 Å². The summed E-state index contributed by atoms with van der Waals surface area (Å²) >= 11 is 0. The van der Waals surface area contributed by atoms with Crippen LogP contribution in [0.4, 0.5) is 18.9 Å². The van der Waals surface area contributed by atoms with Gasteiger partial charge in [-0.25, -0.2) is 8.42 Å². The third-order valence-electron chi connectivity index (χ3n) is 3.64. The lowest BCUT2D eigenvalue weighted by atomic mass is 10.1. The Balaban J connectivity index is 1.76. The Hall–Kier alpha value is -2.10. The fourth-order valence-electron chi connectivity index (χ4n) is 2.41. The van der Waals surface area contributed by atoms with Crippen molar-refractivity contribution in [3.05, 3.63) is 29.8 Å². The molecule has 1 amide bonds. The van der Waals surface area contributed by atoms with Crippen molar-refractivity contribution in [2.75, 3.05) is 23.4 Å². The molecule has 25 heavy (non-hydrogen) atoms. The molecule has 1 aliphatic rings. The fraction of sp³-hybridized carbons (Fsp3) is 0.467. The predicted molar refractivity (Wildman–Crippen MR) is 82.4 cm³/mol. The second-order valence-electron chi connectivity index (χ2n) is 5.76. The topological polar surface area (TPSA) is 89.5 Å². The summed E-state index contributed by atoms with van der Waals surface area (Å²) in [7, 11) is -3.09. The van der Waals surface area contributed by atoms with Crippen LogP contribution in [0.1, 0.15) is 18.4 Å². The molecule has 1 N–H and O–H groups in total. The maximum atomic E-state index is 12.4. The van der Waals surface area contributed by atoms with Crippen LogP contribution in [0.25, 0.3) is 0 Å². The van der Waals surface area contributed by atoms with E-state index in [1.807, 2.05) is 0 Å². The van der Waals surface area contributed by atoms with Gasteiger partial charge in [0.1, 0.15) is 0 Å². The van der Waals surface area contributed by atoms with Crippen molar-refractivity contribution in [3.63, 3.8) is 0 Å². The standard InChI is InChI=1S/C15H16F3NO5S/c16-15(17,18)11-1-3-12(4-2-11)19-13(20)8-24-14(21)7-10-5-6-25(22,23)9-10/h1-4,10H,5-9H2,(H,19,20)/t10-/m0/s1. The van der Waals surface area contributed by atoms with E-state index in [1.165, 1.54) is 0 Å². The molecular weight excluding hydrogens is 363 g/mol. The largest absolute Gasteiger partial charge is 0.456 e. The van der Waals surface area contributed by atoms with E-state index < -0.39 is 40.1 Å². The number of hydrogen-bond acceptors (Lipinski definition) is 5. The van der Waals surface area contributed by atoms with E-state index in [2.05, 4.69) is 5.32 Å². The number of benzene rings is 1. The Labute approximate surface area is 142 Å². The zero-order valence-electron chi connectivity index (χ0n) is 13.0. The van der Waals surface area contributed by atoms with Crippen LogP contribution >= 0.6 is 0 Å². The average Bonchev–Trinajstić information content (AvgIpc) is 2.83. The predicted octanol–water partition coefficient (Wildman–Crippen LogP) is 2.01. The van der Waals surface area contributed by atoms with Gasteiger partial charge in [0.2, 0.25) is 0 Å². The van der Waals surface area contributed by atoms with E-state index in [0.29, 0.717) is 6.42 Å². The van der Waals surface area contributed by atoms with Gasteiger partial charge in [0, 0.05) is 12.1 Å². The number of sulfone groups is 1. The maximum Gasteiger partial charge on any atom is 0.416 e. The molecule has 138 valence electrons. The first-order chi connectivity index (χ1) is 11.5. The molecule has 0 aromatic heterocycles. The fourth-order valence-corrected chi connectivity index (χ4v) is 4.28. The SMILES string of the molecule is O=C(COC(=O)C[C@@H]1CCS(=O)(=O)C1)Nc1ccc(C(F)(F)F)cc1. The van der Waals surface area contributed by atoms with Crippen LogP contribution in [0.15, 0.2) is 24.3 Å². The van der Waals surface area contributed by atoms with E-state index in [4.69, 9.17) is 4.74 Å². The molecule has 10 heteroatoms. The van der Waals surface area contributed by atoms with Gasteiger partial charge in [0.05, 0.1) is 17.1 Å². The van der Waals surface area contributed by atoms with Crippen LogP contribution in [0, 0.1) is 5.92 Å². The number of rotatable bonds is 5. The summed E-state index contributed by atoms with van der Waals surface area (Å²) in [4.78, 5) is 23.2. The molecule has 1 heterocycles. The van der Waals surface area contributed by atoms with Crippen LogP contribution in [-0.2, 0) is 30.3 Å². The minimum Gasteiger partial charge on any atom is -0.456 e. The number of ether oxygens (including phenoxy) is 1. The summed E-state index contributed by atoms with van der Waals surface area (Å²) in [5.41, 5.74) is -0.709. The van der Waals surface area contributed by atoms with Crippen molar-refractivity contribution >= 4 is 27.4 Å².